The molecule has 1 heterocycles. The van der Waals surface area contributed by atoms with Crippen LogP contribution in [0.1, 0.15) is 35.2 Å². The topological polar surface area (TPSA) is 124 Å². The lowest BCUT2D eigenvalue weighted by atomic mass is 10.0. The summed E-state index contributed by atoms with van der Waals surface area (Å²) in [6.07, 6.45) is 4.31. The van der Waals surface area contributed by atoms with Crippen LogP contribution in [0.15, 0.2) is 67.0 Å². The highest BCUT2D eigenvalue weighted by molar-refractivity contribution is 5.95. The Balaban J connectivity index is 0.00000341. The molecule has 1 atom stereocenters. The van der Waals surface area contributed by atoms with E-state index in [9.17, 15) is 9.90 Å². The second-order valence-corrected chi connectivity index (χ2v) is 6.94. The number of amidine groups is 1. The zero-order chi connectivity index (χ0) is 21.5. The number of pyridine rings is 1. The van der Waals surface area contributed by atoms with Crippen molar-refractivity contribution in [3.05, 3.63) is 89.2 Å². The number of benzene rings is 2. The molecule has 0 amide bonds. The molecule has 8 heteroatoms. The number of nitrogen functional groups attached to an aromatic ring is 1. The maximum absolute atomic E-state index is 12.0. The minimum absolute atomic E-state index is 0. The summed E-state index contributed by atoms with van der Waals surface area (Å²) in [5.41, 5.74) is 10.3. The molecule has 0 spiro atoms. The predicted octanol–water partition coefficient (Wildman–Crippen LogP) is 4.20. The molecule has 1 aromatic heterocycles. The van der Waals surface area contributed by atoms with Crippen LogP contribution in [0.5, 0.6) is 0 Å². The quantitative estimate of drug-likeness (QED) is 0.251. The summed E-state index contributed by atoms with van der Waals surface area (Å²) in [5.74, 6) is -1.01. The van der Waals surface area contributed by atoms with E-state index < -0.39 is 12.0 Å². The van der Waals surface area contributed by atoms with Gasteiger partial charge in [0.1, 0.15) is 5.84 Å². The van der Waals surface area contributed by atoms with Gasteiger partial charge in [-0.1, -0.05) is 19.1 Å². The first-order chi connectivity index (χ1) is 14.5. The summed E-state index contributed by atoms with van der Waals surface area (Å²) >= 11 is 0. The fourth-order valence-electron chi connectivity index (χ4n) is 3.10. The SMILES string of the molecule is CCc1cc(NCc2cccnc2)cc(C(Nc2ccc(C(=N)N)cc2)C(=O)O)c1.Cl. The van der Waals surface area contributed by atoms with Crippen LogP contribution in [0, 0.1) is 5.41 Å². The molecule has 0 fully saturated rings. The molecule has 162 valence electrons. The molecule has 7 nitrogen and oxygen atoms in total. The van der Waals surface area contributed by atoms with Gasteiger partial charge in [-0.3, -0.25) is 10.4 Å². The molecule has 2 aromatic carbocycles. The summed E-state index contributed by atoms with van der Waals surface area (Å²) in [6, 6.07) is 15.6. The number of halogens is 1. The molecule has 6 N–H and O–H groups in total. The molecular weight excluding hydrogens is 414 g/mol. The third-order valence-electron chi connectivity index (χ3n) is 4.73. The number of nitrogens with one attached hydrogen (secondary N) is 3. The number of carboxylic acid groups (broad SMARTS) is 1. The van der Waals surface area contributed by atoms with Crippen LogP contribution >= 0.6 is 12.4 Å². The summed E-state index contributed by atoms with van der Waals surface area (Å²) < 4.78 is 0. The second kappa shape index (κ2) is 11.0. The van der Waals surface area contributed by atoms with Gasteiger partial charge in [-0.15, -0.1) is 12.4 Å². The van der Waals surface area contributed by atoms with E-state index in [2.05, 4.69) is 15.6 Å². The first-order valence-electron chi connectivity index (χ1n) is 9.66. The van der Waals surface area contributed by atoms with E-state index in [0.29, 0.717) is 23.4 Å². The van der Waals surface area contributed by atoms with Crippen LogP contribution in [0.3, 0.4) is 0 Å². The fourth-order valence-corrected chi connectivity index (χ4v) is 3.10. The van der Waals surface area contributed by atoms with Gasteiger partial charge in [0, 0.05) is 35.9 Å². The third kappa shape index (κ3) is 6.45. The Morgan fingerprint density at radius 1 is 1.13 bits per heavy atom. The molecule has 0 bridgehead atoms. The largest absolute Gasteiger partial charge is 0.479 e. The summed E-state index contributed by atoms with van der Waals surface area (Å²) in [5, 5.41) is 23.7. The van der Waals surface area contributed by atoms with Crippen molar-refractivity contribution >= 4 is 35.6 Å². The fraction of sp³-hybridized carbons (Fsp3) is 0.174. The Labute approximate surface area is 187 Å². The number of aryl methyl sites for hydroxylation is 1. The zero-order valence-corrected chi connectivity index (χ0v) is 17.9. The molecular formula is C23H26ClN5O2. The van der Waals surface area contributed by atoms with Crippen molar-refractivity contribution in [1.82, 2.24) is 4.98 Å². The number of nitrogens with zero attached hydrogens (tertiary/aromatic N) is 1. The first-order valence-corrected chi connectivity index (χ1v) is 9.66. The van der Waals surface area contributed by atoms with Crippen molar-refractivity contribution in [3.63, 3.8) is 0 Å². The van der Waals surface area contributed by atoms with Crippen molar-refractivity contribution < 1.29 is 9.90 Å². The molecule has 31 heavy (non-hydrogen) atoms. The number of hydrogen-bond donors (Lipinski definition) is 5. The molecule has 0 radical (unpaired) electrons. The average Bonchev–Trinajstić information content (AvgIpc) is 2.76. The Hall–Kier alpha value is -3.58. The number of carbonyl (C=O) groups is 1. The Bertz CT molecular complexity index is 1030. The van der Waals surface area contributed by atoms with Crippen LogP contribution in [0.2, 0.25) is 0 Å². The number of aromatic nitrogens is 1. The minimum atomic E-state index is -0.975. The number of rotatable bonds is 9. The molecule has 0 aliphatic heterocycles. The highest BCUT2D eigenvalue weighted by Crippen LogP contribution is 2.25. The van der Waals surface area contributed by atoms with Gasteiger partial charge in [0.15, 0.2) is 6.04 Å². The number of aliphatic carboxylic acids is 1. The summed E-state index contributed by atoms with van der Waals surface area (Å²) in [7, 11) is 0. The molecule has 0 aliphatic carbocycles. The lowest BCUT2D eigenvalue weighted by Crippen LogP contribution is -2.21. The lowest BCUT2D eigenvalue weighted by molar-refractivity contribution is -0.138. The zero-order valence-electron chi connectivity index (χ0n) is 17.1. The van der Waals surface area contributed by atoms with Gasteiger partial charge in [-0.05, 0) is 65.6 Å². The molecule has 1 unspecified atom stereocenters. The highest BCUT2D eigenvalue weighted by atomic mass is 35.5. The standard InChI is InChI=1S/C23H25N5O2.ClH/c1-2-15-10-18(12-20(11-15)27-14-16-4-3-9-26-13-16)21(23(29)30)28-19-7-5-17(6-8-19)22(24)25;/h3-13,21,27-28H,2,14H2,1H3,(H3,24,25)(H,29,30);1H. The van der Waals surface area contributed by atoms with E-state index >= 15 is 0 Å². The number of carboxylic acids is 1. The minimum Gasteiger partial charge on any atom is -0.479 e. The van der Waals surface area contributed by atoms with Gasteiger partial charge in [0.2, 0.25) is 0 Å². The van der Waals surface area contributed by atoms with E-state index in [1.165, 1.54) is 0 Å². The van der Waals surface area contributed by atoms with Crippen molar-refractivity contribution in [2.75, 3.05) is 10.6 Å². The van der Waals surface area contributed by atoms with Crippen molar-refractivity contribution in [3.8, 4) is 0 Å². The van der Waals surface area contributed by atoms with Crippen LogP contribution in [0.25, 0.3) is 0 Å². The monoisotopic (exact) mass is 439 g/mol. The Morgan fingerprint density at radius 3 is 2.45 bits per heavy atom. The van der Waals surface area contributed by atoms with Crippen LogP contribution in [-0.2, 0) is 17.8 Å². The van der Waals surface area contributed by atoms with Crippen LogP contribution in [0.4, 0.5) is 11.4 Å². The van der Waals surface area contributed by atoms with E-state index in [1.807, 2.05) is 37.3 Å². The van der Waals surface area contributed by atoms with Crippen molar-refractivity contribution in [2.24, 2.45) is 5.73 Å². The van der Waals surface area contributed by atoms with Gasteiger partial charge in [-0.2, -0.15) is 0 Å². The maximum Gasteiger partial charge on any atom is 0.330 e. The van der Waals surface area contributed by atoms with Crippen LogP contribution < -0.4 is 16.4 Å². The van der Waals surface area contributed by atoms with E-state index in [-0.39, 0.29) is 18.2 Å². The second-order valence-electron chi connectivity index (χ2n) is 6.94. The number of anilines is 2. The van der Waals surface area contributed by atoms with Crippen molar-refractivity contribution in [2.45, 2.75) is 25.9 Å². The Morgan fingerprint density at radius 2 is 1.87 bits per heavy atom. The van der Waals surface area contributed by atoms with Gasteiger partial charge < -0.3 is 21.5 Å². The van der Waals surface area contributed by atoms with Gasteiger partial charge in [0.05, 0.1) is 0 Å². The molecule has 3 rings (SSSR count). The predicted molar refractivity (Wildman–Crippen MR) is 126 cm³/mol. The molecule has 3 aromatic rings. The van der Waals surface area contributed by atoms with E-state index in [1.54, 1.807) is 36.7 Å². The highest BCUT2D eigenvalue weighted by Gasteiger charge is 2.21. The Kier molecular flexibility index (Phi) is 8.40. The third-order valence-corrected chi connectivity index (χ3v) is 4.73. The van der Waals surface area contributed by atoms with E-state index in [4.69, 9.17) is 11.1 Å². The van der Waals surface area contributed by atoms with Gasteiger partial charge in [0.25, 0.3) is 0 Å². The maximum atomic E-state index is 12.0. The number of hydrogen-bond acceptors (Lipinski definition) is 5. The molecule has 0 aliphatic rings. The van der Waals surface area contributed by atoms with Gasteiger partial charge >= 0.3 is 5.97 Å². The first kappa shape index (κ1) is 23.7. The van der Waals surface area contributed by atoms with Crippen LogP contribution in [-0.4, -0.2) is 21.9 Å². The lowest BCUT2D eigenvalue weighted by Gasteiger charge is -2.19. The van der Waals surface area contributed by atoms with Gasteiger partial charge in [-0.25, -0.2) is 4.79 Å². The summed E-state index contributed by atoms with van der Waals surface area (Å²) in [6.45, 7) is 2.63. The average molecular weight is 440 g/mol. The summed E-state index contributed by atoms with van der Waals surface area (Å²) in [4.78, 5) is 16.1. The smallest absolute Gasteiger partial charge is 0.330 e. The molecule has 0 saturated carbocycles. The normalized spacial score (nSPS) is 11.1. The van der Waals surface area contributed by atoms with E-state index in [0.717, 1.165) is 23.2 Å². The number of nitrogens with two attached hydrogens (primary N) is 1. The molecule has 0 saturated heterocycles. The van der Waals surface area contributed by atoms with Crippen molar-refractivity contribution in [1.29, 1.82) is 5.41 Å².